The number of amides is 3. The predicted octanol–water partition coefficient (Wildman–Crippen LogP) is 3.34. The summed E-state index contributed by atoms with van der Waals surface area (Å²) >= 11 is 12.6. The summed E-state index contributed by atoms with van der Waals surface area (Å²) in [5, 5.41) is 2.32. The number of hydrogen-bond acceptors (Lipinski definition) is 4. The number of benzene rings is 1. The molecule has 0 spiro atoms. The van der Waals surface area contributed by atoms with Gasteiger partial charge in [0.1, 0.15) is 4.33 Å². The second-order valence-electron chi connectivity index (χ2n) is 6.05. The van der Waals surface area contributed by atoms with E-state index in [0.29, 0.717) is 11.3 Å². The van der Waals surface area contributed by atoms with Crippen LogP contribution in [0.2, 0.25) is 0 Å². The van der Waals surface area contributed by atoms with Gasteiger partial charge in [0.15, 0.2) is 0 Å². The molecule has 25 heavy (non-hydrogen) atoms. The van der Waals surface area contributed by atoms with Gasteiger partial charge in [-0.05, 0) is 36.7 Å². The van der Waals surface area contributed by atoms with Crippen molar-refractivity contribution in [3.05, 3.63) is 40.3 Å². The Hall–Kier alpha value is -1.50. The first kappa shape index (κ1) is 18.3. The summed E-state index contributed by atoms with van der Waals surface area (Å²) in [6.07, 6.45) is 2.12. The molecule has 3 rings (SSSR count). The van der Waals surface area contributed by atoms with Gasteiger partial charge >= 0.3 is 0 Å². The van der Waals surface area contributed by atoms with Crippen LogP contribution in [0.15, 0.2) is 29.2 Å². The maximum Gasteiger partial charge on any atom is 0.293 e. The number of nitrogens with zero attached hydrogens (tertiary/aromatic N) is 1. The highest BCUT2D eigenvalue weighted by Gasteiger charge is 2.56. The molecular formula is C17H16Cl2N2O3S. The van der Waals surface area contributed by atoms with Gasteiger partial charge in [-0.15, -0.1) is 23.2 Å². The zero-order chi connectivity index (χ0) is 18.2. The summed E-state index contributed by atoms with van der Waals surface area (Å²) in [5.74, 6) is -1.03. The van der Waals surface area contributed by atoms with Crippen molar-refractivity contribution in [1.82, 2.24) is 10.2 Å². The Kier molecular flexibility index (Phi) is 5.14. The Bertz CT molecular complexity index is 762. The molecular weight excluding hydrogens is 383 g/mol. The zero-order valence-electron chi connectivity index (χ0n) is 13.4. The van der Waals surface area contributed by atoms with E-state index in [1.54, 1.807) is 6.08 Å². The van der Waals surface area contributed by atoms with Crippen molar-refractivity contribution in [3.8, 4) is 0 Å². The van der Waals surface area contributed by atoms with Gasteiger partial charge in [-0.2, -0.15) is 0 Å². The molecule has 1 saturated heterocycles. The molecule has 3 amide bonds. The number of aryl methyl sites for hydroxylation is 1. The van der Waals surface area contributed by atoms with Gasteiger partial charge in [-0.1, -0.05) is 29.8 Å². The monoisotopic (exact) mass is 398 g/mol. The van der Waals surface area contributed by atoms with Gasteiger partial charge in [0.2, 0.25) is 5.91 Å². The van der Waals surface area contributed by atoms with Crippen LogP contribution >= 0.6 is 35.0 Å². The summed E-state index contributed by atoms with van der Waals surface area (Å²) in [6, 6.07) is 7.67. The third kappa shape index (κ3) is 4.19. The third-order valence-electron chi connectivity index (χ3n) is 4.03. The van der Waals surface area contributed by atoms with Gasteiger partial charge in [0.25, 0.3) is 11.1 Å². The number of nitrogens with one attached hydrogen (secondary N) is 1. The number of imide groups is 1. The van der Waals surface area contributed by atoms with Gasteiger partial charge < -0.3 is 5.32 Å². The highest BCUT2D eigenvalue weighted by atomic mass is 35.5. The molecule has 1 heterocycles. The molecule has 1 aliphatic heterocycles. The Morgan fingerprint density at radius 3 is 2.60 bits per heavy atom. The van der Waals surface area contributed by atoms with Crippen molar-refractivity contribution in [1.29, 1.82) is 0 Å². The van der Waals surface area contributed by atoms with Crippen LogP contribution in [-0.4, -0.2) is 39.4 Å². The van der Waals surface area contributed by atoms with Crippen LogP contribution in [0.25, 0.3) is 6.08 Å². The van der Waals surface area contributed by atoms with Crippen LogP contribution in [0, 0.1) is 12.8 Å². The molecule has 1 aliphatic carbocycles. The van der Waals surface area contributed by atoms with E-state index in [9.17, 15) is 14.4 Å². The largest absolute Gasteiger partial charge is 0.354 e. The van der Waals surface area contributed by atoms with Crippen LogP contribution in [-0.2, 0) is 9.59 Å². The van der Waals surface area contributed by atoms with Gasteiger partial charge in [0, 0.05) is 13.1 Å². The molecule has 0 aromatic heterocycles. The minimum atomic E-state index is -0.983. The van der Waals surface area contributed by atoms with E-state index < -0.39 is 10.3 Å². The van der Waals surface area contributed by atoms with E-state index in [1.807, 2.05) is 31.2 Å². The van der Waals surface area contributed by atoms with Crippen LogP contribution < -0.4 is 5.32 Å². The molecule has 2 aliphatic rings. The summed E-state index contributed by atoms with van der Waals surface area (Å²) in [7, 11) is 0. The van der Waals surface area contributed by atoms with Crippen molar-refractivity contribution >= 4 is 58.1 Å². The fourth-order valence-electron chi connectivity index (χ4n) is 2.42. The lowest BCUT2D eigenvalue weighted by molar-refractivity contribution is -0.124. The third-order valence-corrected chi connectivity index (χ3v) is 5.77. The quantitative estimate of drug-likeness (QED) is 0.609. The Morgan fingerprint density at radius 1 is 1.36 bits per heavy atom. The van der Waals surface area contributed by atoms with E-state index in [0.717, 1.165) is 27.8 Å². The lowest BCUT2D eigenvalue weighted by Gasteiger charge is -2.13. The SMILES string of the molecule is Cc1ccc(/C=C2\SC(=O)N(CCNC(=O)C3CC3(Cl)Cl)C2=O)cc1. The van der Waals surface area contributed by atoms with Gasteiger partial charge in [-0.3, -0.25) is 19.3 Å². The molecule has 0 radical (unpaired) electrons. The van der Waals surface area contributed by atoms with Crippen LogP contribution in [0.5, 0.6) is 0 Å². The maximum absolute atomic E-state index is 12.4. The van der Waals surface area contributed by atoms with Gasteiger partial charge in [-0.25, -0.2) is 0 Å². The minimum absolute atomic E-state index is 0.117. The first-order valence-electron chi connectivity index (χ1n) is 7.75. The van der Waals surface area contributed by atoms with Gasteiger partial charge in [0.05, 0.1) is 10.8 Å². The summed E-state index contributed by atoms with van der Waals surface area (Å²) < 4.78 is -0.983. The Balaban J connectivity index is 1.56. The lowest BCUT2D eigenvalue weighted by atomic mass is 10.1. The topological polar surface area (TPSA) is 66.5 Å². The van der Waals surface area contributed by atoms with Crippen LogP contribution in [0.1, 0.15) is 17.5 Å². The Labute approximate surface area is 159 Å². The van der Waals surface area contributed by atoms with Crippen LogP contribution in [0.4, 0.5) is 4.79 Å². The molecule has 1 aromatic carbocycles. The number of alkyl halides is 2. The molecule has 2 fully saturated rings. The van der Waals surface area contributed by atoms with E-state index >= 15 is 0 Å². The highest BCUT2D eigenvalue weighted by Crippen LogP contribution is 2.53. The van der Waals surface area contributed by atoms with Crippen molar-refractivity contribution < 1.29 is 14.4 Å². The molecule has 8 heteroatoms. The summed E-state index contributed by atoms with van der Waals surface area (Å²) in [5.41, 5.74) is 1.98. The summed E-state index contributed by atoms with van der Waals surface area (Å²) in [4.78, 5) is 37.7. The maximum atomic E-state index is 12.4. The standard InChI is InChI=1S/C17H16Cl2N2O3S/c1-10-2-4-11(5-3-10)8-13-15(23)21(16(24)25-13)7-6-20-14(22)12-9-17(12,18)19/h2-5,8,12H,6-7,9H2,1H3,(H,20,22)/b13-8-. The number of rotatable bonds is 5. The first-order chi connectivity index (χ1) is 11.8. The van der Waals surface area contributed by atoms with Crippen molar-refractivity contribution in [2.24, 2.45) is 5.92 Å². The zero-order valence-corrected chi connectivity index (χ0v) is 15.7. The minimum Gasteiger partial charge on any atom is -0.354 e. The number of carbonyl (C=O) groups excluding carboxylic acids is 3. The molecule has 5 nitrogen and oxygen atoms in total. The van der Waals surface area contributed by atoms with E-state index in [1.165, 1.54) is 0 Å². The molecule has 1 unspecified atom stereocenters. The average Bonchev–Trinajstić information content (AvgIpc) is 3.12. The number of hydrogen-bond donors (Lipinski definition) is 1. The molecule has 1 N–H and O–H groups in total. The van der Waals surface area contributed by atoms with E-state index in [2.05, 4.69) is 5.32 Å². The molecule has 1 saturated carbocycles. The molecule has 132 valence electrons. The number of thioether (sulfide) groups is 1. The summed E-state index contributed by atoms with van der Waals surface area (Å²) in [6.45, 7) is 2.27. The molecule has 0 bridgehead atoms. The van der Waals surface area contributed by atoms with Crippen molar-refractivity contribution in [3.63, 3.8) is 0 Å². The average molecular weight is 399 g/mol. The van der Waals surface area contributed by atoms with E-state index in [-0.39, 0.29) is 30.1 Å². The predicted molar refractivity (Wildman–Crippen MR) is 99.4 cm³/mol. The highest BCUT2D eigenvalue weighted by molar-refractivity contribution is 8.18. The fraction of sp³-hybridized carbons (Fsp3) is 0.353. The molecule has 1 aromatic rings. The fourth-order valence-corrected chi connectivity index (χ4v) is 3.79. The smallest absolute Gasteiger partial charge is 0.293 e. The van der Waals surface area contributed by atoms with Crippen molar-refractivity contribution in [2.75, 3.05) is 13.1 Å². The Morgan fingerprint density at radius 2 is 2.00 bits per heavy atom. The molecule has 1 atom stereocenters. The van der Waals surface area contributed by atoms with Crippen LogP contribution in [0.3, 0.4) is 0 Å². The first-order valence-corrected chi connectivity index (χ1v) is 9.33. The number of carbonyl (C=O) groups is 3. The second kappa shape index (κ2) is 7.02. The normalized spacial score (nSPS) is 23.2. The lowest BCUT2D eigenvalue weighted by Crippen LogP contribution is -2.38. The second-order valence-corrected chi connectivity index (χ2v) is 8.59. The van der Waals surface area contributed by atoms with Crippen molar-refractivity contribution in [2.45, 2.75) is 17.7 Å². The van der Waals surface area contributed by atoms with E-state index in [4.69, 9.17) is 23.2 Å². The number of halogens is 2.